The summed E-state index contributed by atoms with van der Waals surface area (Å²) in [5.74, 6) is -0.118. The second-order valence-electron chi connectivity index (χ2n) is 8.37. The highest BCUT2D eigenvalue weighted by molar-refractivity contribution is 7.90. The van der Waals surface area contributed by atoms with Crippen LogP contribution in [0.2, 0.25) is 0 Å². The van der Waals surface area contributed by atoms with E-state index >= 15 is 0 Å². The average Bonchev–Trinajstić information content (AvgIpc) is 3.07. The molecule has 1 spiro atoms. The number of hydrogen-bond donors (Lipinski definition) is 1. The van der Waals surface area contributed by atoms with Gasteiger partial charge >= 0.3 is 0 Å². The number of carbonyl (C=O) groups is 1. The highest BCUT2D eigenvalue weighted by Gasteiger charge is 2.45. The van der Waals surface area contributed by atoms with Crippen LogP contribution in [-0.4, -0.2) is 75.7 Å². The fourth-order valence-corrected chi connectivity index (χ4v) is 5.39. The zero-order valence-corrected chi connectivity index (χ0v) is 17.6. The summed E-state index contributed by atoms with van der Waals surface area (Å²) in [5, 5.41) is 3.69. The number of nitrogens with zero attached hydrogens (tertiary/aromatic N) is 2. The molecule has 27 heavy (non-hydrogen) atoms. The average molecular weight is 394 g/mol. The standard InChI is InChI=1S/C20H31N3O3S/c1-22(2)17-9-11-20(10-6-12-21-20)14-18(17)23(3)19(24)15-7-5-8-16(13-15)27(4,25)26/h5,7-8,13,17-18,21H,6,9-12,14H2,1-4H3. The van der Waals surface area contributed by atoms with Gasteiger partial charge in [0.15, 0.2) is 9.84 Å². The number of carbonyl (C=O) groups excluding carboxylic acids is 1. The van der Waals surface area contributed by atoms with Crippen LogP contribution in [0, 0.1) is 0 Å². The largest absolute Gasteiger partial charge is 0.337 e. The zero-order chi connectivity index (χ0) is 19.8. The third-order valence-corrected chi connectivity index (χ3v) is 7.40. The molecule has 7 heteroatoms. The molecule has 1 N–H and O–H groups in total. The van der Waals surface area contributed by atoms with E-state index in [1.807, 2.05) is 11.9 Å². The van der Waals surface area contributed by atoms with E-state index in [2.05, 4.69) is 24.3 Å². The molecule has 1 heterocycles. The quantitative estimate of drug-likeness (QED) is 0.844. The maximum Gasteiger partial charge on any atom is 0.253 e. The van der Waals surface area contributed by atoms with Crippen LogP contribution in [0.3, 0.4) is 0 Å². The summed E-state index contributed by atoms with van der Waals surface area (Å²) < 4.78 is 23.7. The van der Waals surface area contributed by atoms with Gasteiger partial charge in [0.25, 0.3) is 5.91 Å². The van der Waals surface area contributed by atoms with Crippen LogP contribution in [0.5, 0.6) is 0 Å². The summed E-state index contributed by atoms with van der Waals surface area (Å²) in [4.78, 5) is 17.4. The van der Waals surface area contributed by atoms with Crippen molar-refractivity contribution in [1.82, 2.24) is 15.1 Å². The van der Waals surface area contributed by atoms with Gasteiger partial charge in [0, 0.05) is 36.5 Å². The predicted octanol–water partition coefficient (Wildman–Crippen LogP) is 1.77. The fraction of sp³-hybridized carbons (Fsp3) is 0.650. The van der Waals surface area contributed by atoms with Crippen LogP contribution in [0.15, 0.2) is 29.2 Å². The van der Waals surface area contributed by atoms with Gasteiger partial charge in [-0.15, -0.1) is 0 Å². The van der Waals surface area contributed by atoms with E-state index in [0.29, 0.717) is 11.6 Å². The first kappa shape index (κ1) is 20.3. The Balaban J connectivity index is 1.87. The Morgan fingerprint density at radius 2 is 1.93 bits per heavy atom. The number of rotatable bonds is 4. The molecule has 1 amide bonds. The van der Waals surface area contributed by atoms with Gasteiger partial charge in [-0.25, -0.2) is 8.42 Å². The molecule has 1 saturated heterocycles. The number of nitrogens with one attached hydrogen (secondary N) is 1. The maximum absolute atomic E-state index is 13.2. The van der Waals surface area contributed by atoms with E-state index < -0.39 is 9.84 Å². The molecule has 6 nitrogen and oxygen atoms in total. The molecule has 2 fully saturated rings. The number of hydrogen-bond acceptors (Lipinski definition) is 5. The minimum Gasteiger partial charge on any atom is -0.337 e. The van der Waals surface area contributed by atoms with Crippen molar-refractivity contribution in [3.05, 3.63) is 29.8 Å². The van der Waals surface area contributed by atoms with Crippen LogP contribution < -0.4 is 5.32 Å². The number of sulfone groups is 1. The van der Waals surface area contributed by atoms with Gasteiger partial charge in [0.05, 0.1) is 4.90 Å². The number of amides is 1. The number of benzene rings is 1. The van der Waals surface area contributed by atoms with E-state index in [9.17, 15) is 13.2 Å². The fourth-order valence-electron chi connectivity index (χ4n) is 4.72. The van der Waals surface area contributed by atoms with E-state index in [1.54, 1.807) is 12.1 Å². The van der Waals surface area contributed by atoms with Crippen molar-refractivity contribution in [1.29, 1.82) is 0 Å². The van der Waals surface area contributed by atoms with Crippen molar-refractivity contribution in [2.45, 2.75) is 54.6 Å². The summed E-state index contributed by atoms with van der Waals surface area (Å²) >= 11 is 0. The summed E-state index contributed by atoms with van der Waals surface area (Å²) in [7, 11) is 2.65. The smallest absolute Gasteiger partial charge is 0.253 e. The van der Waals surface area contributed by atoms with Crippen LogP contribution in [0.4, 0.5) is 0 Å². The first-order valence-electron chi connectivity index (χ1n) is 9.62. The highest BCUT2D eigenvalue weighted by atomic mass is 32.2. The molecule has 1 aliphatic carbocycles. The summed E-state index contributed by atoms with van der Waals surface area (Å²) in [6.45, 7) is 1.05. The van der Waals surface area contributed by atoms with Gasteiger partial charge < -0.3 is 15.1 Å². The molecular formula is C20H31N3O3S. The van der Waals surface area contributed by atoms with Crippen molar-refractivity contribution < 1.29 is 13.2 Å². The molecule has 2 aliphatic rings. The molecular weight excluding hydrogens is 362 g/mol. The molecule has 1 aromatic rings. The van der Waals surface area contributed by atoms with E-state index in [4.69, 9.17) is 0 Å². The molecule has 0 bridgehead atoms. The maximum atomic E-state index is 13.2. The van der Waals surface area contributed by atoms with Crippen molar-refractivity contribution in [3.63, 3.8) is 0 Å². The molecule has 3 rings (SSSR count). The van der Waals surface area contributed by atoms with Gasteiger partial charge in [0.2, 0.25) is 0 Å². The van der Waals surface area contributed by atoms with Crippen molar-refractivity contribution in [2.24, 2.45) is 0 Å². The van der Waals surface area contributed by atoms with Crippen LogP contribution in [-0.2, 0) is 9.84 Å². The lowest BCUT2D eigenvalue weighted by Gasteiger charge is -2.48. The highest BCUT2D eigenvalue weighted by Crippen LogP contribution is 2.38. The van der Waals surface area contributed by atoms with Crippen molar-refractivity contribution in [3.8, 4) is 0 Å². The van der Waals surface area contributed by atoms with Gasteiger partial charge in [-0.1, -0.05) is 6.07 Å². The molecule has 150 valence electrons. The molecule has 0 aromatic heterocycles. The van der Waals surface area contributed by atoms with E-state index in [0.717, 1.165) is 32.2 Å². The molecule has 0 radical (unpaired) electrons. The van der Waals surface area contributed by atoms with Gasteiger partial charge in [-0.3, -0.25) is 4.79 Å². The molecule has 3 unspecified atom stereocenters. The Labute approximate surface area is 162 Å². The van der Waals surface area contributed by atoms with Crippen LogP contribution in [0.1, 0.15) is 42.5 Å². The molecule has 1 saturated carbocycles. The number of likely N-dealkylation sites (N-methyl/N-ethyl adjacent to an activating group) is 2. The van der Waals surface area contributed by atoms with Gasteiger partial charge in [-0.2, -0.15) is 0 Å². The first-order valence-corrected chi connectivity index (χ1v) is 11.5. The molecule has 1 aromatic carbocycles. The Kier molecular flexibility index (Phi) is 5.66. The minimum absolute atomic E-state index is 0.0914. The Bertz CT molecular complexity index is 800. The second kappa shape index (κ2) is 7.53. The summed E-state index contributed by atoms with van der Waals surface area (Å²) in [6, 6.07) is 6.75. The lowest BCUT2D eigenvalue weighted by atomic mass is 9.74. The first-order chi connectivity index (χ1) is 12.6. The van der Waals surface area contributed by atoms with Gasteiger partial charge in [-0.05, 0) is 70.9 Å². The Morgan fingerprint density at radius 3 is 2.52 bits per heavy atom. The molecule has 1 aliphatic heterocycles. The SMILES string of the molecule is CN(C)C1CCC2(CCCN2)CC1N(C)C(=O)c1cccc(S(C)(=O)=O)c1. The second-order valence-corrected chi connectivity index (χ2v) is 10.4. The van der Waals surface area contributed by atoms with Crippen LogP contribution in [0.25, 0.3) is 0 Å². The lowest BCUT2D eigenvalue weighted by molar-refractivity contribution is 0.0386. The van der Waals surface area contributed by atoms with Gasteiger partial charge in [0.1, 0.15) is 0 Å². The predicted molar refractivity (Wildman–Crippen MR) is 107 cm³/mol. The van der Waals surface area contributed by atoms with E-state index in [1.165, 1.54) is 24.8 Å². The Hall–Kier alpha value is -1.44. The normalized spacial score (nSPS) is 28.6. The van der Waals surface area contributed by atoms with Crippen molar-refractivity contribution in [2.75, 3.05) is 33.9 Å². The molecule has 3 atom stereocenters. The minimum atomic E-state index is -3.34. The third kappa shape index (κ3) is 4.20. The Morgan fingerprint density at radius 1 is 1.19 bits per heavy atom. The van der Waals surface area contributed by atoms with E-state index in [-0.39, 0.29) is 22.4 Å². The lowest BCUT2D eigenvalue weighted by Crippen LogP contribution is -2.59. The topological polar surface area (TPSA) is 69.7 Å². The summed E-state index contributed by atoms with van der Waals surface area (Å²) in [6.07, 6.45) is 6.63. The monoisotopic (exact) mass is 393 g/mol. The van der Waals surface area contributed by atoms with Crippen molar-refractivity contribution >= 4 is 15.7 Å². The zero-order valence-electron chi connectivity index (χ0n) is 16.7. The van der Waals surface area contributed by atoms with Crippen LogP contribution >= 0.6 is 0 Å². The third-order valence-electron chi connectivity index (χ3n) is 6.29. The summed E-state index contributed by atoms with van der Waals surface area (Å²) in [5.41, 5.74) is 0.567.